The second-order valence-electron chi connectivity index (χ2n) is 4.87. The molecule has 0 aromatic heterocycles. The van der Waals surface area contributed by atoms with E-state index in [4.69, 9.17) is 9.47 Å². The van der Waals surface area contributed by atoms with E-state index in [-0.39, 0.29) is 17.9 Å². The Labute approximate surface area is 128 Å². The molecule has 1 aliphatic heterocycles. The van der Waals surface area contributed by atoms with Crippen LogP contribution in [0.15, 0.2) is 24.3 Å². The molecular formula is C15H20BrNO3. The molecule has 5 heteroatoms. The van der Waals surface area contributed by atoms with E-state index in [0.717, 1.165) is 29.5 Å². The van der Waals surface area contributed by atoms with Gasteiger partial charge in [-0.25, -0.2) is 0 Å². The Balaban J connectivity index is 2.06. The summed E-state index contributed by atoms with van der Waals surface area (Å²) in [4.78, 5) is 12.5. The van der Waals surface area contributed by atoms with Crippen molar-refractivity contribution in [2.24, 2.45) is 0 Å². The lowest BCUT2D eigenvalue weighted by atomic mass is 9.92. The Hall–Kier alpha value is -1.07. The van der Waals surface area contributed by atoms with E-state index in [1.54, 1.807) is 7.11 Å². The minimum Gasteiger partial charge on any atom is -0.493 e. The van der Waals surface area contributed by atoms with Gasteiger partial charge < -0.3 is 14.8 Å². The fraction of sp³-hybridized carbons (Fsp3) is 0.533. The summed E-state index contributed by atoms with van der Waals surface area (Å²) in [6, 6.07) is 7.80. The van der Waals surface area contributed by atoms with Crippen LogP contribution in [0.1, 0.15) is 24.3 Å². The number of hydrogen-bond acceptors (Lipinski definition) is 3. The molecule has 2 rings (SSSR count). The molecule has 2 unspecified atom stereocenters. The first-order chi connectivity index (χ1) is 9.76. The number of fused-ring (bicyclic) bond motifs is 1. The second-order valence-corrected chi connectivity index (χ2v) is 5.66. The van der Waals surface area contributed by atoms with Crippen molar-refractivity contribution >= 4 is 21.8 Å². The molecule has 1 aliphatic rings. The van der Waals surface area contributed by atoms with E-state index < -0.39 is 0 Å². The van der Waals surface area contributed by atoms with Crippen molar-refractivity contribution < 1.29 is 14.3 Å². The van der Waals surface area contributed by atoms with Gasteiger partial charge in [0, 0.05) is 18.0 Å². The van der Waals surface area contributed by atoms with Gasteiger partial charge in [-0.3, -0.25) is 4.79 Å². The van der Waals surface area contributed by atoms with Gasteiger partial charge in [0.05, 0.1) is 25.2 Å². The highest BCUT2D eigenvalue weighted by atomic mass is 79.9. The van der Waals surface area contributed by atoms with E-state index >= 15 is 0 Å². The van der Waals surface area contributed by atoms with E-state index in [0.29, 0.717) is 13.2 Å². The monoisotopic (exact) mass is 341 g/mol. The van der Waals surface area contributed by atoms with Crippen molar-refractivity contribution in [2.75, 3.05) is 25.7 Å². The van der Waals surface area contributed by atoms with Gasteiger partial charge >= 0.3 is 0 Å². The highest BCUT2D eigenvalue weighted by Gasteiger charge is 2.28. The quantitative estimate of drug-likeness (QED) is 0.808. The lowest BCUT2D eigenvalue weighted by Crippen LogP contribution is -2.42. The molecule has 4 nitrogen and oxygen atoms in total. The molecule has 20 heavy (non-hydrogen) atoms. The highest BCUT2D eigenvalue weighted by molar-refractivity contribution is 9.09. The SMILES string of the molecule is COCC(CCBr)NC(=O)C1CCOc2ccccc21. The number of amides is 1. The summed E-state index contributed by atoms with van der Waals surface area (Å²) in [7, 11) is 1.65. The number of methoxy groups -OCH3 is 1. The van der Waals surface area contributed by atoms with Crippen molar-refractivity contribution in [3.63, 3.8) is 0 Å². The zero-order chi connectivity index (χ0) is 14.4. The molecule has 2 atom stereocenters. The van der Waals surface area contributed by atoms with Crippen molar-refractivity contribution in [1.29, 1.82) is 0 Å². The summed E-state index contributed by atoms with van der Waals surface area (Å²) >= 11 is 3.40. The molecule has 0 fully saturated rings. The third-order valence-electron chi connectivity index (χ3n) is 3.45. The van der Waals surface area contributed by atoms with Crippen LogP contribution in [0.5, 0.6) is 5.75 Å². The van der Waals surface area contributed by atoms with E-state index in [1.807, 2.05) is 24.3 Å². The summed E-state index contributed by atoms with van der Waals surface area (Å²) < 4.78 is 10.7. The van der Waals surface area contributed by atoms with E-state index in [1.165, 1.54) is 0 Å². The van der Waals surface area contributed by atoms with Crippen LogP contribution < -0.4 is 10.1 Å². The third kappa shape index (κ3) is 3.73. The van der Waals surface area contributed by atoms with Crippen molar-refractivity contribution in [3.8, 4) is 5.75 Å². The lowest BCUT2D eigenvalue weighted by molar-refractivity contribution is -0.124. The maximum absolute atomic E-state index is 12.5. The zero-order valence-corrected chi connectivity index (χ0v) is 13.2. The topological polar surface area (TPSA) is 47.6 Å². The largest absolute Gasteiger partial charge is 0.493 e. The second kappa shape index (κ2) is 7.64. The van der Waals surface area contributed by atoms with Gasteiger partial charge in [-0.2, -0.15) is 0 Å². The maximum atomic E-state index is 12.5. The van der Waals surface area contributed by atoms with E-state index in [9.17, 15) is 4.79 Å². The molecule has 1 amide bonds. The average Bonchev–Trinajstić information content (AvgIpc) is 2.47. The first-order valence-corrected chi connectivity index (χ1v) is 7.95. The predicted molar refractivity (Wildman–Crippen MR) is 81.5 cm³/mol. The number of benzene rings is 1. The summed E-state index contributed by atoms with van der Waals surface area (Å²) in [5, 5.41) is 3.92. The number of nitrogens with one attached hydrogen (secondary N) is 1. The molecule has 0 saturated carbocycles. The number of alkyl halides is 1. The highest BCUT2D eigenvalue weighted by Crippen LogP contribution is 2.33. The van der Waals surface area contributed by atoms with Gasteiger partial charge in [0.2, 0.25) is 5.91 Å². The Morgan fingerprint density at radius 1 is 1.55 bits per heavy atom. The normalized spacial score (nSPS) is 18.8. The van der Waals surface area contributed by atoms with Crippen LogP contribution >= 0.6 is 15.9 Å². The van der Waals surface area contributed by atoms with Crippen LogP contribution in [0.2, 0.25) is 0 Å². The number of halogens is 1. The van der Waals surface area contributed by atoms with Crippen molar-refractivity contribution in [2.45, 2.75) is 24.8 Å². The average molecular weight is 342 g/mol. The lowest BCUT2D eigenvalue weighted by Gasteiger charge is -2.27. The minimum atomic E-state index is -0.130. The molecule has 1 N–H and O–H groups in total. The third-order valence-corrected chi connectivity index (χ3v) is 3.90. The van der Waals surface area contributed by atoms with Gasteiger partial charge in [-0.05, 0) is 18.9 Å². The molecule has 0 spiro atoms. The van der Waals surface area contributed by atoms with E-state index in [2.05, 4.69) is 21.2 Å². The van der Waals surface area contributed by atoms with Crippen LogP contribution in [-0.2, 0) is 9.53 Å². The summed E-state index contributed by atoms with van der Waals surface area (Å²) in [6.07, 6.45) is 1.57. The van der Waals surface area contributed by atoms with Crippen molar-refractivity contribution in [1.82, 2.24) is 5.32 Å². The van der Waals surface area contributed by atoms with Crippen LogP contribution in [0, 0.1) is 0 Å². The molecule has 1 heterocycles. The Morgan fingerprint density at radius 2 is 2.35 bits per heavy atom. The molecule has 1 aromatic carbocycles. The fourth-order valence-corrected chi connectivity index (χ4v) is 3.00. The molecule has 110 valence electrons. The van der Waals surface area contributed by atoms with Gasteiger partial charge in [0.1, 0.15) is 5.75 Å². The molecular weight excluding hydrogens is 322 g/mol. The molecule has 1 aromatic rings. The minimum absolute atomic E-state index is 0.0434. The standard InChI is InChI=1S/C15H20BrNO3/c1-19-10-11(6-8-16)17-15(18)13-7-9-20-14-5-3-2-4-12(13)14/h2-5,11,13H,6-10H2,1H3,(H,17,18). The van der Waals surface area contributed by atoms with Crippen molar-refractivity contribution in [3.05, 3.63) is 29.8 Å². The molecule has 0 aliphatic carbocycles. The predicted octanol–water partition coefficient (Wildman–Crippen LogP) is 2.47. The summed E-state index contributed by atoms with van der Waals surface area (Å²) in [6.45, 7) is 1.12. The number of carbonyl (C=O) groups is 1. The Kier molecular flexibility index (Phi) is 5.86. The maximum Gasteiger partial charge on any atom is 0.228 e. The zero-order valence-electron chi connectivity index (χ0n) is 11.6. The molecule has 0 radical (unpaired) electrons. The summed E-state index contributed by atoms with van der Waals surface area (Å²) in [5.74, 6) is 0.751. The molecule has 0 saturated heterocycles. The van der Waals surface area contributed by atoms with Gasteiger partial charge in [-0.15, -0.1) is 0 Å². The number of rotatable bonds is 6. The number of carbonyl (C=O) groups excluding carboxylic acids is 1. The van der Waals surface area contributed by atoms with Crippen LogP contribution in [-0.4, -0.2) is 37.6 Å². The van der Waals surface area contributed by atoms with Gasteiger partial charge in [0.25, 0.3) is 0 Å². The van der Waals surface area contributed by atoms with Crippen LogP contribution in [0.4, 0.5) is 0 Å². The van der Waals surface area contributed by atoms with Gasteiger partial charge in [-0.1, -0.05) is 34.1 Å². The van der Waals surface area contributed by atoms with Crippen LogP contribution in [0.25, 0.3) is 0 Å². The summed E-state index contributed by atoms with van der Waals surface area (Å²) in [5.41, 5.74) is 0.978. The number of hydrogen-bond donors (Lipinski definition) is 1. The van der Waals surface area contributed by atoms with Crippen LogP contribution in [0.3, 0.4) is 0 Å². The van der Waals surface area contributed by atoms with Gasteiger partial charge in [0.15, 0.2) is 0 Å². The molecule has 0 bridgehead atoms. The number of ether oxygens (including phenoxy) is 2. The Morgan fingerprint density at radius 3 is 3.10 bits per heavy atom. The Bertz CT molecular complexity index is 446. The fourth-order valence-electron chi connectivity index (χ4n) is 2.45. The first-order valence-electron chi connectivity index (χ1n) is 6.83. The first kappa shape index (κ1) is 15.3. The smallest absolute Gasteiger partial charge is 0.228 e. The number of para-hydroxylation sites is 1.